The number of benzene rings is 2. The van der Waals surface area contributed by atoms with Gasteiger partial charge in [0.1, 0.15) is 0 Å². The molecule has 0 atom stereocenters. The Labute approximate surface area is 162 Å². The predicted octanol–water partition coefficient (Wildman–Crippen LogP) is 5.76. The van der Waals surface area contributed by atoms with Crippen LogP contribution in [-0.2, 0) is 6.18 Å². The fourth-order valence-corrected chi connectivity index (χ4v) is 2.99. The van der Waals surface area contributed by atoms with Gasteiger partial charge in [-0.2, -0.15) is 18.3 Å². The van der Waals surface area contributed by atoms with Crippen molar-refractivity contribution in [3.8, 4) is 5.69 Å². The first-order valence-corrected chi connectivity index (χ1v) is 8.41. The van der Waals surface area contributed by atoms with Crippen LogP contribution < -0.4 is 5.32 Å². The van der Waals surface area contributed by atoms with E-state index < -0.39 is 17.6 Å². The summed E-state index contributed by atoms with van der Waals surface area (Å²) in [6.45, 7) is 1.69. The number of aromatic nitrogens is 2. The van der Waals surface area contributed by atoms with E-state index in [1.807, 2.05) is 0 Å². The molecule has 1 amide bonds. The maximum Gasteiger partial charge on any atom is 0.416 e. The third-order valence-corrected chi connectivity index (χ3v) is 4.12. The van der Waals surface area contributed by atoms with Crippen LogP contribution in [0.1, 0.15) is 21.7 Å². The molecule has 1 aromatic heterocycles. The third-order valence-electron chi connectivity index (χ3n) is 3.68. The van der Waals surface area contributed by atoms with Crippen LogP contribution in [0.5, 0.6) is 0 Å². The monoisotopic (exact) mass is 413 g/mol. The molecule has 4 nitrogen and oxygen atoms in total. The van der Waals surface area contributed by atoms with Gasteiger partial charge in [-0.05, 0) is 55.5 Å². The van der Waals surface area contributed by atoms with Crippen LogP contribution in [0.4, 0.5) is 18.9 Å². The number of hydrogen-bond donors (Lipinski definition) is 1. The SMILES string of the molecule is Cc1cc(C(=O)Nc2cc(Cl)cc(Cl)c2)nn1-c1ccc(C(F)(F)F)cc1. The van der Waals surface area contributed by atoms with Gasteiger partial charge in [-0.3, -0.25) is 4.79 Å². The van der Waals surface area contributed by atoms with Crippen molar-refractivity contribution >= 4 is 34.8 Å². The minimum atomic E-state index is -4.42. The second-order valence-corrected chi connectivity index (χ2v) is 6.61. The lowest BCUT2D eigenvalue weighted by atomic mass is 10.2. The van der Waals surface area contributed by atoms with E-state index >= 15 is 0 Å². The van der Waals surface area contributed by atoms with Gasteiger partial charge in [0.25, 0.3) is 5.91 Å². The van der Waals surface area contributed by atoms with Crippen molar-refractivity contribution in [3.63, 3.8) is 0 Å². The van der Waals surface area contributed by atoms with E-state index in [1.54, 1.807) is 6.92 Å². The van der Waals surface area contributed by atoms with Gasteiger partial charge in [-0.1, -0.05) is 23.2 Å². The van der Waals surface area contributed by atoms with Crippen LogP contribution in [0.25, 0.3) is 5.69 Å². The van der Waals surface area contributed by atoms with Crippen molar-refractivity contribution in [1.29, 1.82) is 0 Å². The zero-order valence-corrected chi connectivity index (χ0v) is 15.3. The molecule has 0 aliphatic carbocycles. The second kappa shape index (κ2) is 7.25. The Morgan fingerprint density at radius 3 is 2.19 bits per heavy atom. The van der Waals surface area contributed by atoms with Gasteiger partial charge < -0.3 is 5.32 Å². The first kappa shape index (κ1) is 19.3. The second-order valence-electron chi connectivity index (χ2n) is 5.74. The number of nitrogens with one attached hydrogen (secondary N) is 1. The smallest absolute Gasteiger partial charge is 0.320 e. The summed E-state index contributed by atoms with van der Waals surface area (Å²) in [6.07, 6.45) is -4.42. The predicted molar refractivity (Wildman–Crippen MR) is 97.7 cm³/mol. The minimum absolute atomic E-state index is 0.100. The quantitative estimate of drug-likeness (QED) is 0.593. The van der Waals surface area contributed by atoms with E-state index in [1.165, 1.54) is 41.1 Å². The van der Waals surface area contributed by atoms with Crippen molar-refractivity contribution < 1.29 is 18.0 Å². The Hall–Kier alpha value is -2.51. The van der Waals surface area contributed by atoms with Crippen molar-refractivity contribution in [2.75, 3.05) is 5.32 Å². The molecule has 0 fully saturated rings. The Bertz CT molecular complexity index is 978. The molecule has 2 aromatic carbocycles. The van der Waals surface area contributed by atoms with Gasteiger partial charge in [0, 0.05) is 21.4 Å². The normalized spacial score (nSPS) is 11.5. The molecule has 140 valence electrons. The molecule has 3 rings (SSSR count). The highest BCUT2D eigenvalue weighted by molar-refractivity contribution is 6.35. The van der Waals surface area contributed by atoms with E-state index in [0.29, 0.717) is 27.1 Å². The molecular formula is C18H12Cl2F3N3O. The Morgan fingerprint density at radius 1 is 1.04 bits per heavy atom. The molecule has 3 aromatic rings. The summed E-state index contributed by atoms with van der Waals surface area (Å²) in [5, 5.41) is 7.53. The number of anilines is 1. The van der Waals surface area contributed by atoms with E-state index in [4.69, 9.17) is 23.2 Å². The van der Waals surface area contributed by atoms with Gasteiger partial charge in [0.05, 0.1) is 11.3 Å². The van der Waals surface area contributed by atoms with Crippen LogP contribution in [0.15, 0.2) is 48.5 Å². The number of aryl methyl sites for hydroxylation is 1. The molecule has 0 bridgehead atoms. The average molecular weight is 414 g/mol. The first-order chi connectivity index (χ1) is 12.6. The summed E-state index contributed by atoms with van der Waals surface area (Å²) in [4.78, 5) is 12.4. The topological polar surface area (TPSA) is 46.9 Å². The van der Waals surface area contributed by atoms with Crippen molar-refractivity contribution in [3.05, 3.63) is 75.5 Å². The Morgan fingerprint density at radius 2 is 1.63 bits per heavy atom. The fraction of sp³-hybridized carbons (Fsp3) is 0.111. The number of carbonyl (C=O) groups is 1. The molecular weight excluding hydrogens is 402 g/mol. The molecule has 9 heteroatoms. The highest BCUT2D eigenvalue weighted by Crippen LogP contribution is 2.30. The zero-order valence-electron chi connectivity index (χ0n) is 13.8. The lowest BCUT2D eigenvalue weighted by Crippen LogP contribution is -2.13. The van der Waals surface area contributed by atoms with E-state index in [-0.39, 0.29) is 5.69 Å². The molecule has 0 radical (unpaired) electrons. The van der Waals surface area contributed by atoms with Crippen LogP contribution in [0.2, 0.25) is 10.0 Å². The largest absolute Gasteiger partial charge is 0.416 e. The van der Waals surface area contributed by atoms with Crippen molar-refractivity contribution in [2.24, 2.45) is 0 Å². The Balaban J connectivity index is 1.84. The molecule has 1 heterocycles. The van der Waals surface area contributed by atoms with Gasteiger partial charge >= 0.3 is 6.18 Å². The molecule has 1 N–H and O–H groups in total. The van der Waals surface area contributed by atoms with Gasteiger partial charge in [-0.15, -0.1) is 0 Å². The number of hydrogen-bond acceptors (Lipinski definition) is 2. The molecule has 0 aliphatic heterocycles. The van der Waals surface area contributed by atoms with Crippen molar-refractivity contribution in [1.82, 2.24) is 9.78 Å². The highest BCUT2D eigenvalue weighted by atomic mass is 35.5. The van der Waals surface area contributed by atoms with Crippen LogP contribution in [-0.4, -0.2) is 15.7 Å². The van der Waals surface area contributed by atoms with Crippen molar-refractivity contribution in [2.45, 2.75) is 13.1 Å². The van der Waals surface area contributed by atoms with Gasteiger partial charge in [-0.25, -0.2) is 4.68 Å². The van der Waals surface area contributed by atoms with Crippen LogP contribution in [0.3, 0.4) is 0 Å². The molecule has 0 saturated carbocycles. The zero-order chi connectivity index (χ0) is 19.8. The number of nitrogens with zero attached hydrogens (tertiary/aromatic N) is 2. The summed E-state index contributed by atoms with van der Waals surface area (Å²) in [7, 11) is 0. The lowest BCUT2D eigenvalue weighted by Gasteiger charge is -2.08. The number of rotatable bonds is 3. The molecule has 0 saturated heterocycles. The number of carbonyl (C=O) groups excluding carboxylic acids is 1. The number of halogens is 5. The van der Waals surface area contributed by atoms with Gasteiger partial charge in [0.15, 0.2) is 5.69 Å². The summed E-state index contributed by atoms with van der Waals surface area (Å²) in [5.41, 5.74) is 0.740. The van der Waals surface area contributed by atoms with E-state index in [2.05, 4.69) is 10.4 Å². The number of alkyl halides is 3. The number of amides is 1. The van der Waals surface area contributed by atoms with Crippen LogP contribution >= 0.6 is 23.2 Å². The standard InChI is InChI=1S/C18H12Cl2F3N3O/c1-10-6-16(17(27)24-14-8-12(19)7-13(20)9-14)25-26(10)15-4-2-11(3-5-15)18(21,22)23/h2-9H,1H3,(H,24,27). The molecule has 27 heavy (non-hydrogen) atoms. The Kier molecular flexibility index (Phi) is 5.17. The summed E-state index contributed by atoms with van der Waals surface area (Å²) >= 11 is 11.8. The average Bonchev–Trinajstić information content (AvgIpc) is 2.95. The van der Waals surface area contributed by atoms with Crippen LogP contribution in [0, 0.1) is 6.92 Å². The summed E-state index contributed by atoms with van der Waals surface area (Å²) in [6, 6.07) is 10.6. The van der Waals surface area contributed by atoms with Gasteiger partial charge in [0.2, 0.25) is 0 Å². The fourth-order valence-electron chi connectivity index (χ4n) is 2.46. The summed E-state index contributed by atoms with van der Waals surface area (Å²) in [5.74, 6) is -0.498. The minimum Gasteiger partial charge on any atom is -0.320 e. The maximum atomic E-state index is 12.7. The maximum absolute atomic E-state index is 12.7. The molecule has 0 aliphatic rings. The lowest BCUT2D eigenvalue weighted by molar-refractivity contribution is -0.137. The highest BCUT2D eigenvalue weighted by Gasteiger charge is 2.30. The van der Waals surface area contributed by atoms with E-state index in [0.717, 1.165) is 12.1 Å². The molecule has 0 unspecified atom stereocenters. The van der Waals surface area contributed by atoms with E-state index in [9.17, 15) is 18.0 Å². The first-order valence-electron chi connectivity index (χ1n) is 7.65. The third kappa shape index (κ3) is 4.43. The molecule has 0 spiro atoms. The summed E-state index contributed by atoms with van der Waals surface area (Å²) < 4.78 is 39.4.